The molecule has 0 spiro atoms. The number of nitrogens with one attached hydrogen (secondary N) is 1. The first-order chi connectivity index (χ1) is 8.99. The number of benzene rings is 1. The van der Waals surface area contributed by atoms with Gasteiger partial charge in [-0.05, 0) is 25.1 Å². The van der Waals surface area contributed by atoms with Crippen LogP contribution < -0.4 is 5.32 Å². The molecular weight excluding hydrogens is 251 g/mol. The van der Waals surface area contributed by atoms with Gasteiger partial charge in [-0.25, -0.2) is 14.0 Å². The Labute approximate surface area is 110 Å². The van der Waals surface area contributed by atoms with E-state index >= 15 is 0 Å². The average Bonchev–Trinajstić information content (AvgIpc) is 2.35. The third-order valence-corrected chi connectivity index (χ3v) is 2.47. The minimum absolute atomic E-state index is 0.0694. The second kappa shape index (κ2) is 6.53. The lowest BCUT2D eigenvalue weighted by molar-refractivity contribution is 0.0698. The highest BCUT2D eigenvalue weighted by Crippen LogP contribution is 2.17. The van der Waals surface area contributed by atoms with Crippen LogP contribution in [0.1, 0.15) is 17.3 Å². The number of carbonyl (C=O) groups excluding carboxylic acids is 1. The molecule has 102 valence electrons. The molecule has 6 heteroatoms. The van der Waals surface area contributed by atoms with Gasteiger partial charge in [-0.2, -0.15) is 0 Å². The van der Waals surface area contributed by atoms with Gasteiger partial charge in [-0.1, -0.05) is 6.08 Å². The summed E-state index contributed by atoms with van der Waals surface area (Å²) in [6.07, 6.45) is 1.55. The van der Waals surface area contributed by atoms with Crippen LogP contribution in [-0.2, 0) is 0 Å². The number of urea groups is 1. The Morgan fingerprint density at radius 3 is 2.74 bits per heavy atom. The van der Waals surface area contributed by atoms with E-state index in [1.807, 2.05) is 0 Å². The zero-order valence-electron chi connectivity index (χ0n) is 10.5. The molecule has 2 N–H and O–H groups in total. The zero-order valence-corrected chi connectivity index (χ0v) is 10.5. The average molecular weight is 266 g/mol. The number of nitrogens with zero attached hydrogens (tertiary/aromatic N) is 1. The molecule has 0 bridgehead atoms. The van der Waals surface area contributed by atoms with Gasteiger partial charge in [0.15, 0.2) is 0 Å². The minimum Gasteiger partial charge on any atom is -0.478 e. The summed E-state index contributed by atoms with van der Waals surface area (Å²) in [5.74, 6) is -1.85. The Balaban J connectivity index is 2.97. The SMILES string of the molecule is C=CCN(CC)C(=O)Nc1cc(F)ccc1C(=O)O. The van der Waals surface area contributed by atoms with Gasteiger partial charge in [0.1, 0.15) is 5.82 Å². The molecule has 0 saturated carbocycles. The van der Waals surface area contributed by atoms with E-state index < -0.39 is 17.8 Å². The highest BCUT2D eigenvalue weighted by atomic mass is 19.1. The maximum absolute atomic E-state index is 13.1. The number of rotatable bonds is 5. The van der Waals surface area contributed by atoms with Gasteiger partial charge in [-0.15, -0.1) is 6.58 Å². The van der Waals surface area contributed by atoms with Crippen LogP contribution in [0.2, 0.25) is 0 Å². The number of aromatic carboxylic acids is 1. The van der Waals surface area contributed by atoms with Crippen LogP contribution in [0.25, 0.3) is 0 Å². The molecule has 0 aliphatic heterocycles. The van der Waals surface area contributed by atoms with E-state index in [2.05, 4.69) is 11.9 Å². The van der Waals surface area contributed by atoms with Crippen molar-refractivity contribution < 1.29 is 19.1 Å². The number of carbonyl (C=O) groups is 2. The smallest absolute Gasteiger partial charge is 0.337 e. The summed E-state index contributed by atoms with van der Waals surface area (Å²) >= 11 is 0. The third kappa shape index (κ3) is 3.80. The first kappa shape index (κ1) is 14.7. The van der Waals surface area contributed by atoms with Gasteiger partial charge in [0, 0.05) is 13.1 Å². The van der Waals surface area contributed by atoms with Crippen LogP contribution in [0, 0.1) is 5.82 Å². The van der Waals surface area contributed by atoms with Crippen LogP contribution >= 0.6 is 0 Å². The minimum atomic E-state index is -1.23. The molecule has 0 saturated heterocycles. The number of halogens is 1. The molecule has 1 rings (SSSR count). The Bertz CT molecular complexity index is 503. The van der Waals surface area contributed by atoms with E-state index in [0.29, 0.717) is 13.1 Å². The van der Waals surface area contributed by atoms with Crippen molar-refractivity contribution in [2.75, 3.05) is 18.4 Å². The number of hydrogen-bond acceptors (Lipinski definition) is 2. The van der Waals surface area contributed by atoms with Gasteiger partial charge in [0.25, 0.3) is 0 Å². The molecule has 0 aliphatic rings. The number of anilines is 1. The van der Waals surface area contributed by atoms with Gasteiger partial charge in [0.2, 0.25) is 0 Å². The summed E-state index contributed by atoms with van der Waals surface area (Å²) in [5.41, 5.74) is -0.232. The number of likely N-dealkylation sites (N-methyl/N-ethyl adjacent to an activating group) is 1. The number of carboxylic acids is 1. The van der Waals surface area contributed by atoms with Gasteiger partial charge in [-0.3, -0.25) is 0 Å². The lowest BCUT2D eigenvalue weighted by Crippen LogP contribution is -2.35. The van der Waals surface area contributed by atoms with Crippen molar-refractivity contribution in [3.63, 3.8) is 0 Å². The first-order valence-corrected chi connectivity index (χ1v) is 5.69. The maximum atomic E-state index is 13.1. The fraction of sp³-hybridized carbons (Fsp3) is 0.231. The van der Waals surface area contributed by atoms with Crippen molar-refractivity contribution in [3.05, 3.63) is 42.2 Å². The van der Waals surface area contributed by atoms with Gasteiger partial charge < -0.3 is 15.3 Å². The molecule has 0 aliphatic carbocycles. The van der Waals surface area contributed by atoms with E-state index in [1.165, 1.54) is 4.90 Å². The van der Waals surface area contributed by atoms with Crippen molar-refractivity contribution in [2.45, 2.75) is 6.92 Å². The first-order valence-electron chi connectivity index (χ1n) is 5.69. The van der Waals surface area contributed by atoms with Crippen LogP contribution in [0.4, 0.5) is 14.9 Å². The molecule has 0 radical (unpaired) electrons. The molecule has 19 heavy (non-hydrogen) atoms. The Morgan fingerprint density at radius 1 is 1.53 bits per heavy atom. The molecule has 0 fully saturated rings. The van der Waals surface area contributed by atoms with Crippen LogP contribution in [0.15, 0.2) is 30.9 Å². The summed E-state index contributed by atoms with van der Waals surface area (Å²) in [6.45, 7) is 6.04. The highest BCUT2D eigenvalue weighted by molar-refractivity contribution is 6.00. The molecule has 1 aromatic rings. The molecular formula is C13H15FN2O3. The summed E-state index contributed by atoms with van der Waals surface area (Å²) in [4.78, 5) is 24.3. The van der Waals surface area contributed by atoms with Crippen LogP contribution in [0.3, 0.4) is 0 Å². The summed E-state index contributed by atoms with van der Waals surface area (Å²) in [5, 5.41) is 11.4. The molecule has 0 aromatic heterocycles. The zero-order chi connectivity index (χ0) is 14.4. The third-order valence-electron chi connectivity index (χ3n) is 2.47. The fourth-order valence-electron chi connectivity index (χ4n) is 1.51. The monoisotopic (exact) mass is 266 g/mol. The van der Waals surface area contributed by atoms with Crippen molar-refractivity contribution in [2.24, 2.45) is 0 Å². The van der Waals surface area contributed by atoms with E-state index in [-0.39, 0.29) is 11.3 Å². The molecule has 0 unspecified atom stereocenters. The molecule has 2 amide bonds. The quantitative estimate of drug-likeness (QED) is 0.805. The van der Waals surface area contributed by atoms with Gasteiger partial charge >= 0.3 is 12.0 Å². The Hall–Kier alpha value is -2.37. The van der Waals surface area contributed by atoms with Crippen LogP contribution in [-0.4, -0.2) is 35.1 Å². The van der Waals surface area contributed by atoms with Crippen molar-refractivity contribution in [1.29, 1.82) is 0 Å². The lowest BCUT2D eigenvalue weighted by atomic mass is 10.2. The summed E-state index contributed by atoms with van der Waals surface area (Å²) in [6, 6.07) is 2.61. The molecule has 1 aromatic carbocycles. The Morgan fingerprint density at radius 2 is 2.21 bits per heavy atom. The Kier molecular flexibility index (Phi) is 5.05. The largest absolute Gasteiger partial charge is 0.478 e. The number of hydrogen-bond donors (Lipinski definition) is 2. The normalized spacial score (nSPS) is 9.79. The van der Waals surface area contributed by atoms with E-state index in [0.717, 1.165) is 18.2 Å². The molecule has 5 nitrogen and oxygen atoms in total. The van der Waals surface area contributed by atoms with Crippen molar-refractivity contribution in [1.82, 2.24) is 4.90 Å². The highest BCUT2D eigenvalue weighted by Gasteiger charge is 2.16. The predicted molar refractivity (Wildman–Crippen MR) is 69.8 cm³/mol. The summed E-state index contributed by atoms with van der Waals surface area (Å²) in [7, 11) is 0. The fourth-order valence-corrected chi connectivity index (χ4v) is 1.51. The number of amides is 2. The number of carboxylic acid groups (broad SMARTS) is 1. The molecule has 0 heterocycles. The van der Waals surface area contributed by atoms with Crippen molar-refractivity contribution >= 4 is 17.7 Å². The van der Waals surface area contributed by atoms with E-state index in [4.69, 9.17) is 5.11 Å². The molecule has 0 atom stereocenters. The maximum Gasteiger partial charge on any atom is 0.337 e. The standard InChI is InChI=1S/C13H15FN2O3/c1-3-7-16(4-2)13(19)15-11-8-9(14)5-6-10(11)12(17)18/h3,5-6,8H,1,4,7H2,2H3,(H,15,19)(H,17,18). The van der Waals surface area contributed by atoms with E-state index in [9.17, 15) is 14.0 Å². The predicted octanol–water partition coefficient (Wildman–Crippen LogP) is 2.56. The topological polar surface area (TPSA) is 69.6 Å². The second-order valence-electron chi connectivity index (χ2n) is 3.75. The summed E-state index contributed by atoms with van der Waals surface area (Å²) < 4.78 is 13.1. The van der Waals surface area contributed by atoms with Gasteiger partial charge in [0.05, 0.1) is 11.3 Å². The van der Waals surface area contributed by atoms with Crippen LogP contribution in [0.5, 0.6) is 0 Å². The lowest BCUT2D eigenvalue weighted by Gasteiger charge is -2.20. The second-order valence-corrected chi connectivity index (χ2v) is 3.75. The van der Waals surface area contributed by atoms with Crippen molar-refractivity contribution in [3.8, 4) is 0 Å². The van der Waals surface area contributed by atoms with E-state index in [1.54, 1.807) is 13.0 Å².